The van der Waals surface area contributed by atoms with E-state index >= 15 is 0 Å². The Hall–Kier alpha value is -2.09. The smallest absolute Gasteiger partial charge is 0.354 e. The lowest BCUT2D eigenvalue weighted by atomic mass is 10.2. The van der Waals surface area contributed by atoms with Crippen LogP contribution in [0, 0.1) is 11.3 Å². The van der Waals surface area contributed by atoms with Gasteiger partial charge in [0.05, 0.1) is 17.4 Å². The normalized spacial score (nSPS) is 8.92. The largest absolute Gasteiger partial charge is 0.477 e. The zero-order valence-corrected chi connectivity index (χ0v) is 5.98. The van der Waals surface area contributed by atoms with Gasteiger partial charge in [-0.2, -0.15) is 5.26 Å². The van der Waals surface area contributed by atoms with Gasteiger partial charge in [0.2, 0.25) is 0 Å². The minimum absolute atomic E-state index is 0.127. The molecule has 12 heavy (non-hydrogen) atoms. The van der Waals surface area contributed by atoms with Gasteiger partial charge in [0.15, 0.2) is 0 Å². The molecule has 60 valence electrons. The van der Waals surface area contributed by atoms with E-state index in [4.69, 9.17) is 16.1 Å². The van der Waals surface area contributed by atoms with Crippen molar-refractivity contribution in [1.82, 2.24) is 4.98 Å². The maximum atomic E-state index is 10.4. The number of hydrogen-bond donors (Lipinski definition) is 2. The number of carboxylic acids is 1. The Morgan fingerprint density at radius 2 is 2.42 bits per heavy atom. The maximum absolute atomic E-state index is 10.4. The second-order valence-electron chi connectivity index (χ2n) is 2.07. The van der Waals surface area contributed by atoms with Crippen LogP contribution < -0.4 is 5.73 Å². The van der Waals surface area contributed by atoms with Gasteiger partial charge in [0.25, 0.3) is 0 Å². The number of nitrogens with two attached hydrogens (primary N) is 1. The van der Waals surface area contributed by atoms with Crippen molar-refractivity contribution < 1.29 is 9.90 Å². The van der Waals surface area contributed by atoms with Crippen molar-refractivity contribution in [2.75, 3.05) is 5.73 Å². The molecule has 1 heterocycles. The quantitative estimate of drug-likeness (QED) is 0.617. The van der Waals surface area contributed by atoms with Crippen LogP contribution in [0.5, 0.6) is 0 Å². The van der Waals surface area contributed by atoms with E-state index in [2.05, 4.69) is 4.98 Å². The van der Waals surface area contributed by atoms with Crippen LogP contribution in [0.15, 0.2) is 12.3 Å². The van der Waals surface area contributed by atoms with Crippen molar-refractivity contribution in [2.24, 2.45) is 0 Å². The molecule has 5 heteroatoms. The van der Waals surface area contributed by atoms with Crippen molar-refractivity contribution in [3.63, 3.8) is 0 Å². The Morgan fingerprint density at radius 3 is 2.92 bits per heavy atom. The van der Waals surface area contributed by atoms with E-state index in [0.717, 1.165) is 12.3 Å². The molecular formula is C7H5N3O2. The second-order valence-corrected chi connectivity index (χ2v) is 2.07. The highest BCUT2D eigenvalue weighted by Gasteiger charge is 2.06. The van der Waals surface area contributed by atoms with E-state index in [1.54, 1.807) is 6.07 Å². The summed E-state index contributed by atoms with van der Waals surface area (Å²) in [6, 6.07) is 2.90. The first-order chi connectivity index (χ1) is 5.65. The number of carboxylic acid groups (broad SMARTS) is 1. The van der Waals surface area contributed by atoms with Crippen molar-refractivity contribution in [1.29, 1.82) is 5.26 Å². The molecule has 5 nitrogen and oxygen atoms in total. The number of nitrogens with zero attached hydrogens (tertiary/aromatic N) is 2. The predicted octanol–water partition coefficient (Wildman–Crippen LogP) is 0.234. The summed E-state index contributed by atoms with van der Waals surface area (Å²) in [4.78, 5) is 13.9. The standard InChI is InChI=1S/C7H5N3O2/c8-2-4-1-6(7(11)12)10-3-5(4)9/h1,3H,9H2,(H,11,12). The maximum Gasteiger partial charge on any atom is 0.354 e. The summed E-state index contributed by atoms with van der Waals surface area (Å²) in [6.45, 7) is 0. The van der Waals surface area contributed by atoms with Crippen molar-refractivity contribution in [3.05, 3.63) is 23.5 Å². The Kier molecular flexibility index (Phi) is 1.92. The number of nitriles is 1. The second kappa shape index (κ2) is 2.88. The predicted molar refractivity (Wildman–Crippen MR) is 40.3 cm³/mol. The zero-order valence-electron chi connectivity index (χ0n) is 5.98. The number of pyridine rings is 1. The van der Waals surface area contributed by atoms with Crippen LogP contribution in [0.2, 0.25) is 0 Å². The molecule has 0 fully saturated rings. The average molecular weight is 163 g/mol. The monoisotopic (exact) mass is 163 g/mol. The van der Waals surface area contributed by atoms with Crippen molar-refractivity contribution in [2.45, 2.75) is 0 Å². The van der Waals surface area contributed by atoms with Crippen LogP contribution in [-0.2, 0) is 0 Å². The molecule has 0 unspecified atom stereocenters. The first kappa shape index (κ1) is 8.01. The van der Waals surface area contributed by atoms with Gasteiger partial charge in [-0.15, -0.1) is 0 Å². The Morgan fingerprint density at radius 1 is 1.75 bits per heavy atom. The number of nitrogen functional groups attached to an aromatic ring is 1. The molecule has 0 atom stereocenters. The van der Waals surface area contributed by atoms with Gasteiger partial charge in [0.1, 0.15) is 11.8 Å². The molecule has 1 aromatic rings. The van der Waals surface area contributed by atoms with Gasteiger partial charge in [-0.3, -0.25) is 0 Å². The zero-order chi connectivity index (χ0) is 9.14. The average Bonchev–Trinajstić information content (AvgIpc) is 2.05. The highest BCUT2D eigenvalue weighted by Crippen LogP contribution is 2.09. The van der Waals surface area contributed by atoms with Crippen LogP contribution in [0.1, 0.15) is 16.1 Å². The lowest BCUT2D eigenvalue weighted by molar-refractivity contribution is 0.0690. The molecule has 0 aromatic carbocycles. The summed E-state index contributed by atoms with van der Waals surface area (Å²) in [7, 11) is 0. The number of rotatable bonds is 1. The molecule has 1 aromatic heterocycles. The molecule has 0 saturated heterocycles. The molecule has 0 radical (unpaired) electrons. The fraction of sp³-hybridized carbons (Fsp3) is 0. The Labute approximate surface area is 68.1 Å². The molecule has 0 aliphatic heterocycles. The van der Waals surface area contributed by atoms with Crippen LogP contribution in [0.3, 0.4) is 0 Å². The van der Waals surface area contributed by atoms with Crippen LogP contribution >= 0.6 is 0 Å². The van der Waals surface area contributed by atoms with E-state index in [0.29, 0.717) is 0 Å². The molecular weight excluding hydrogens is 158 g/mol. The summed E-state index contributed by atoms with van der Waals surface area (Å²) < 4.78 is 0. The molecule has 0 aliphatic rings. The minimum Gasteiger partial charge on any atom is -0.477 e. The van der Waals surface area contributed by atoms with Crippen LogP contribution in [-0.4, -0.2) is 16.1 Å². The molecule has 1 rings (SSSR count). The molecule has 0 spiro atoms. The first-order valence-electron chi connectivity index (χ1n) is 3.04. The number of carbonyl (C=O) groups is 1. The number of hydrogen-bond acceptors (Lipinski definition) is 4. The lowest BCUT2D eigenvalue weighted by Crippen LogP contribution is -2.02. The SMILES string of the molecule is N#Cc1cc(C(=O)O)ncc1N. The highest BCUT2D eigenvalue weighted by molar-refractivity contribution is 5.86. The molecule has 0 amide bonds. The topological polar surface area (TPSA) is 100 Å². The van der Waals surface area contributed by atoms with E-state index in [1.807, 2.05) is 0 Å². The number of aromatic nitrogens is 1. The number of aromatic carboxylic acids is 1. The molecule has 0 aliphatic carbocycles. The van der Waals surface area contributed by atoms with Gasteiger partial charge in [-0.05, 0) is 6.07 Å². The minimum atomic E-state index is -1.17. The van der Waals surface area contributed by atoms with E-state index in [9.17, 15) is 4.79 Å². The van der Waals surface area contributed by atoms with E-state index < -0.39 is 5.97 Å². The van der Waals surface area contributed by atoms with Crippen molar-refractivity contribution >= 4 is 11.7 Å². The third kappa shape index (κ3) is 1.32. The Bertz CT molecular complexity index is 367. The van der Waals surface area contributed by atoms with E-state index in [1.165, 1.54) is 0 Å². The summed E-state index contributed by atoms with van der Waals surface area (Å²) in [5.74, 6) is -1.17. The van der Waals surface area contributed by atoms with Gasteiger partial charge in [0, 0.05) is 0 Å². The van der Waals surface area contributed by atoms with Gasteiger partial charge >= 0.3 is 5.97 Å². The fourth-order valence-electron chi connectivity index (χ4n) is 0.680. The molecule has 3 N–H and O–H groups in total. The summed E-state index contributed by atoms with van der Waals surface area (Å²) in [6.07, 6.45) is 1.15. The summed E-state index contributed by atoms with van der Waals surface area (Å²) in [5, 5.41) is 17.0. The summed E-state index contributed by atoms with van der Waals surface area (Å²) >= 11 is 0. The highest BCUT2D eigenvalue weighted by atomic mass is 16.4. The summed E-state index contributed by atoms with van der Waals surface area (Å²) in [5.41, 5.74) is 5.45. The van der Waals surface area contributed by atoms with Gasteiger partial charge in [-0.25, -0.2) is 9.78 Å². The number of anilines is 1. The van der Waals surface area contributed by atoms with Gasteiger partial charge in [-0.1, -0.05) is 0 Å². The van der Waals surface area contributed by atoms with Crippen LogP contribution in [0.25, 0.3) is 0 Å². The third-order valence-corrected chi connectivity index (χ3v) is 1.27. The van der Waals surface area contributed by atoms with Gasteiger partial charge < -0.3 is 10.8 Å². The molecule has 0 saturated carbocycles. The fourth-order valence-corrected chi connectivity index (χ4v) is 0.680. The van der Waals surface area contributed by atoms with Crippen molar-refractivity contribution in [3.8, 4) is 6.07 Å². The lowest BCUT2D eigenvalue weighted by Gasteiger charge is -1.96. The molecule has 0 bridgehead atoms. The first-order valence-corrected chi connectivity index (χ1v) is 3.04. The van der Waals surface area contributed by atoms with Crippen LogP contribution in [0.4, 0.5) is 5.69 Å². The third-order valence-electron chi connectivity index (χ3n) is 1.27. The Balaban J connectivity index is 3.25. The van der Waals surface area contributed by atoms with E-state index in [-0.39, 0.29) is 16.9 Å².